The molecule has 0 aliphatic heterocycles. The molecule has 4 rings (SSSR count). The van der Waals surface area contributed by atoms with Crippen LogP contribution in [0.1, 0.15) is 84.1 Å². The van der Waals surface area contributed by atoms with Gasteiger partial charge in [-0.2, -0.15) is 4.39 Å². The van der Waals surface area contributed by atoms with E-state index >= 15 is 0 Å². The molecule has 2 aromatic rings. The maximum absolute atomic E-state index is 12.0. The maximum Gasteiger partial charge on any atom is 0.214 e. The Morgan fingerprint density at radius 2 is 1.57 bits per heavy atom. The fourth-order valence-corrected chi connectivity index (χ4v) is 4.13. The quantitative estimate of drug-likeness (QED) is 0.483. The minimum absolute atomic E-state index is 0. The van der Waals surface area contributed by atoms with E-state index in [1.54, 1.807) is 0 Å². The van der Waals surface area contributed by atoms with Crippen molar-refractivity contribution in [3.8, 4) is 0 Å². The summed E-state index contributed by atoms with van der Waals surface area (Å²) in [7, 11) is 0. The Balaban J connectivity index is 0.000000241. The van der Waals surface area contributed by atoms with Crippen molar-refractivity contribution >= 4 is 24.0 Å². The molecule has 4 nitrogen and oxygen atoms in total. The van der Waals surface area contributed by atoms with Gasteiger partial charge in [-0.3, -0.25) is 0 Å². The second-order valence-electron chi connectivity index (χ2n) is 9.88. The number of anilines is 2. The fourth-order valence-electron chi connectivity index (χ4n) is 4.13. The number of nitrogen functional groups attached to an aromatic ring is 2. The molecule has 2 heterocycles. The van der Waals surface area contributed by atoms with E-state index in [2.05, 4.69) is 43.7 Å². The van der Waals surface area contributed by atoms with Crippen LogP contribution in [-0.4, -0.2) is 9.97 Å². The lowest BCUT2D eigenvalue weighted by atomic mass is 9.89. The Bertz CT molecular complexity index is 737. The molecule has 2 saturated carbocycles. The SMILES string of the molecule is CC1(C)CCC(c2ccc(N)nc2)C1.CC1(C)CCCC1.Cl.Nc1cccc(F)n1. The zero-order chi connectivity index (χ0) is 21.5. The molecular weight excluding hydrogens is 399 g/mol. The third kappa shape index (κ3) is 9.29. The summed E-state index contributed by atoms with van der Waals surface area (Å²) < 4.78 is 12.0. The molecule has 6 heteroatoms. The largest absolute Gasteiger partial charge is 0.384 e. The molecule has 2 fully saturated rings. The minimum Gasteiger partial charge on any atom is -0.384 e. The Morgan fingerprint density at radius 3 is 1.93 bits per heavy atom. The van der Waals surface area contributed by atoms with Crippen LogP contribution in [0.25, 0.3) is 0 Å². The van der Waals surface area contributed by atoms with E-state index in [1.807, 2.05) is 12.3 Å². The lowest BCUT2D eigenvalue weighted by molar-refractivity contribution is 0.376. The number of hydrogen-bond donors (Lipinski definition) is 2. The standard InChI is InChI=1S/C12H18N2.C7H14.C5H5FN2.ClH/c1-12(2)6-5-9(7-12)10-3-4-11(13)14-8-10;1-7(2)5-3-4-6-7;6-4-2-1-3-5(7)8-4;/h3-4,8-9H,5-7H2,1-2H3,(H2,13,14);3-6H2,1-2H3;1-3H,(H2,7,8);1H. The van der Waals surface area contributed by atoms with Crippen molar-refractivity contribution in [2.75, 3.05) is 11.5 Å². The number of rotatable bonds is 1. The molecule has 168 valence electrons. The van der Waals surface area contributed by atoms with Crippen LogP contribution in [0.3, 0.4) is 0 Å². The molecule has 0 radical (unpaired) electrons. The molecule has 0 aromatic carbocycles. The third-order valence-corrected chi connectivity index (χ3v) is 5.94. The predicted molar refractivity (Wildman–Crippen MR) is 127 cm³/mol. The molecule has 4 N–H and O–H groups in total. The van der Waals surface area contributed by atoms with Gasteiger partial charge >= 0.3 is 0 Å². The molecule has 2 aliphatic carbocycles. The average Bonchev–Trinajstić information content (AvgIpc) is 3.21. The van der Waals surface area contributed by atoms with Gasteiger partial charge in [0.2, 0.25) is 5.95 Å². The summed E-state index contributed by atoms with van der Waals surface area (Å²) in [6.07, 6.45) is 11.7. The number of aromatic nitrogens is 2. The highest BCUT2D eigenvalue weighted by Gasteiger charge is 2.31. The van der Waals surface area contributed by atoms with Gasteiger partial charge in [0.05, 0.1) is 0 Å². The first-order valence-electron chi connectivity index (χ1n) is 10.7. The Kier molecular flexibility index (Phi) is 10.0. The summed E-state index contributed by atoms with van der Waals surface area (Å²) >= 11 is 0. The van der Waals surface area contributed by atoms with E-state index in [9.17, 15) is 4.39 Å². The summed E-state index contributed by atoms with van der Waals surface area (Å²) in [5, 5.41) is 0. The van der Waals surface area contributed by atoms with Crippen molar-refractivity contribution in [2.24, 2.45) is 10.8 Å². The number of hydrogen-bond acceptors (Lipinski definition) is 4. The van der Waals surface area contributed by atoms with Crippen LogP contribution in [0, 0.1) is 16.8 Å². The van der Waals surface area contributed by atoms with Gasteiger partial charge in [-0.15, -0.1) is 12.4 Å². The van der Waals surface area contributed by atoms with Gasteiger partial charge in [0, 0.05) is 6.20 Å². The van der Waals surface area contributed by atoms with Crippen LogP contribution in [0.4, 0.5) is 16.0 Å². The summed E-state index contributed by atoms with van der Waals surface area (Å²) in [6.45, 7) is 9.41. The lowest BCUT2D eigenvalue weighted by Crippen LogP contribution is -2.04. The summed E-state index contributed by atoms with van der Waals surface area (Å²) in [5.74, 6) is 0.985. The molecular formula is C24H38ClFN4. The second-order valence-corrected chi connectivity index (χ2v) is 9.88. The van der Waals surface area contributed by atoms with Gasteiger partial charge in [0.1, 0.15) is 11.6 Å². The van der Waals surface area contributed by atoms with Crippen molar-refractivity contribution in [1.29, 1.82) is 0 Å². The van der Waals surface area contributed by atoms with Crippen molar-refractivity contribution in [1.82, 2.24) is 9.97 Å². The van der Waals surface area contributed by atoms with Gasteiger partial charge in [0.15, 0.2) is 0 Å². The summed E-state index contributed by atoms with van der Waals surface area (Å²) in [5.41, 5.74) is 13.2. The number of nitrogens with two attached hydrogens (primary N) is 2. The van der Waals surface area contributed by atoms with Crippen molar-refractivity contribution < 1.29 is 4.39 Å². The fraction of sp³-hybridized carbons (Fsp3) is 0.583. The Morgan fingerprint density at radius 1 is 0.900 bits per heavy atom. The van der Waals surface area contributed by atoms with Gasteiger partial charge < -0.3 is 11.5 Å². The maximum atomic E-state index is 12.0. The van der Waals surface area contributed by atoms with Gasteiger partial charge in [-0.05, 0) is 72.6 Å². The van der Waals surface area contributed by atoms with Gasteiger partial charge in [0.25, 0.3) is 0 Å². The highest BCUT2D eigenvalue weighted by atomic mass is 35.5. The van der Waals surface area contributed by atoms with Crippen LogP contribution < -0.4 is 11.5 Å². The molecule has 0 spiro atoms. The Labute approximate surface area is 187 Å². The second kappa shape index (κ2) is 11.5. The van der Waals surface area contributed by atoms with E-state index in [0.29, 0.717) is 22.6 Å². The average molecular weight is 437 g/mol. The molecule has 0 saturated heterocycles. The van der Waals surface area contributed by atoms with E-state index in [0.717, 1.165) is 0 Å². The van der Waals surface area contributed by atoms with E-state index in [-0.39, 0.29) is 18.2 Å². The van der Waals surface area contributed by atoms with Gasteiger partial charge in [-0.1, -0.05) is 52.7 Å². The Hall–Kier alpha value is -1.88. The first kappa shape index (κ1) is 26.2. The number of halogens is 2. The van der Waals surface area contributed by atoms with Crippen molar-refractivity contribution in [3.05, 3.63) is 48.0 Å². The predicted octanol–water partition coefficient (Wildman–Crippen LogP) is 6.77. The molecule has 30 heavy (non-hydrogen) atoms. The third-order valence-electron chi connectivity index (χ3n) is 5.94. The van der Waals surface area contributed by atoms with Crippen molar-refractivity contribution in [2.45, 2.75) is 78.6 Å². The summed E-state index contributed by atoms with van der Waals surface area (Å²) in [4.78, 5) is 7.43. The number of nitrogens with zero attached hydrogens (tertiary/aromatic N) is 2. The van der Waals surface area contributed by atoms with Crippen LogP contribution in [-0.2, 0) is 0 Å². The van der Waals surface area contributed by atoms with Crippen molar-refractivity contribution in [3.63, 3.8) is 0 Å². The first-order valence-corrected chi connectivity index (χ1v) is 10.7. The first-order chi connectivity index (χ1) is 13.6. The molecule has 1 unspecified atom stereocenters. The smallest absolute Gasteiger partial charge is 0.214 e. The zero-order valence-corrected chi connectivity index (χ0v) is 19.6. The normalized spacial score (nSPS) is 20.8. The van der Waals surface area contributed by atoms with E-state index < -0.39 is 5.95 Å². The van der Waals surface area contributed by atoms with Crippen LogP contribution in [0.2, 0.25) is 0 Å². The van der Waals surface area contributed by atoms with Gasteiger partial charge in [-0.25, -0.2) is 9.97 Å². The molecule has 0 bridgehead atoms. The zero-order valence-electron chi connectivity index (χ0n) is 18.8. The van der Waals surface area contributed by atoms with Crippen LogP contribution in [0.5, 0.6) is 0 Å². The highest BCUT2D eigenvalue weighted by Crippen LogP contribution is 2.45. The lowest BCUT2D eigenvalue weighted by Gasteiger charge is -2.17. The summed E-state index contributed by atoms with van der Waals surface area (Å²) in [6, 6.07) is 8.31. The number of pyridine rings is 2. The topological polar surface area (TPSA) is 77.8 Å². The molecule has 0 amide bonds. The van der Waals surface area contributed by atoms with E-state index in [4.69, 9.17) is 11.5 Å². The van der Waals surface area contributed by atoms with Crippen LogP contribution >= 0.6 is 12.4 Å². The minimum atomic E-state index is -0.537. The molecule has 1 atom stereocenters. The molecule has 2 aliphatic rings. The highest BCUT2D eigenvalue weighted by molar-refractivity contribution is 5.85. The van der Waals surface area contributed by atoms with Crippen LogP contribution in [0.15, 0.2) is 36.5 Å². The monoisotopic (exact) mass is 436 g/mol. The van der Waals surface area contributed by atoms with E-state index in [1.165, 1.54) is 68.7 Å². The molecule has 2 aromatic heterocycles.